The lowest BCUT2D eigenvalue weighted by atomic mass is 10.0. The first-order valence-corrected chi connectivity index (χ1v) is 9.97. The molecule has 1 aliphatic rings. The first-order valence-electron chi connectivity index (χ1n) is 8.53. The zero-order chi connectivity index (χ0) is 18.4. The number of carbonyl (C=O) groups excluding carboxylic acids is 1. The Kier molecular flexibility index (Phi) is 8.95. The maximum atomic E-state index is 12.9. The van der Waals surface area contributed by atoms with Gasteiger partial charge in [0, 0.05) is 32.1 Å². The zero-order valence-electron chi connectivity index (χ0n) is 15.1. The molecule has 0 saturated carbocycles. The molecule has 0 radical (unpaired) electrons. The first-order chi connectivity index (χ1) is 11.8. The van der Waals surface area contributed by atoms with Crippen molar-refractivity contribution in [2.45, 2.75) is 49.6 Å². The monoisotopic (exact) mass is 407 g/mol. The van der Waals surface area contributed by atoms with Crippen molar-refractivity contribution in [3.8, 4) is 0 Å². The Morgan fingerprint density at radius 3 is 2.62 bits per heavy atom. The molecule has 1 aliphatic heterocycles. The van der Waals surface area contributed by atoms with Crippen molar-refractivity contribution in [2.24, 2.45) is 0 Å². The van der Waals surface area contributed by atoms with E-state index in [2.05, 4.69) is 17.6 Å². The van der Waals surface area contributed by atoms with Crippen LogP contribution in [0.25, 0.3) is 0 Å². The normalized spacial score (nSPS) is 20.5. The van der Waals surface area contributed by atoms with Gasteiger partial charge in [0.15, 0.2) is 0 Å². The summed E-state index contributed by atoms with van der Waals surface area (Å²) in [6.45, 7) is 3.22. The van der Waals surface area contributed by atoms with E-state index in [1.54, 1.807) is 0 Å². The van der Waals surface area contributed by atoms with Crippen LogP contribution < -0.4 is 10.6 Å². The molecule has 0 bridgehead atoms. The van der Waals surface area contributed by atoms with Gasteiger partial charge in [-0.1, -0.05) is 0 Å². The quantitative estimate of drug-likeness (QED) is 0.723. The van der Waals surface area contributed by atoms with Gasteiger partial charge in [0.05, 0.1) is 4.90 Å². The van der Waals surface area contributed by atoms with E-state index in [-0.39, 0.29) is 42.2 Å². The number of sulfonamides is 1. The predicted molar refractivity (Wildman–Crippen MR) is 101 cm³/mol. The number of amides is 1. The lowest BCUT2D eigenvalue weighted by Gasteiger charge is -2.28. The third-order valence-corrected chi connectivity index (χ3v) is 6.26. The lowest BCUT2D eigenvalue weighted by molar-refractivity contribution is -0.122. The van der Waals surface area contributed by atoms with Crippen LogP contribution in [0, 0.1) is 5.82 Å². The second-order valence-electron chi connectivity index (χ2n) is 6.53. The van der Waals surface area contributed by atoms with Gasteiger partial charge in [0.2, 0.25) is 15.9 Å². The Morgan fingerprint density at radius 2 is 2.00 bits per heavy atom. The van der Waals surface area contributed by atoms with Crippen LogP contribution in [0.4, 0.5) is 4.39 Å². The van der Waals surface area contributed by atoms with Gasteiger partial charge >= 0.3 is 0 Å². The minimum absolute atomic E-state index is 0. The Balaban J connectivity index is 0.00000338. The minimum Gasteiger partial charge on any atom is -0.353 e. The Labute approximate surface area is 161 Å². The van der Waals surface area contributed by atoms with Gasteiger partial charge in [-0.15, -0.1) is 12.4 Å². The van der Waals surface area contributed by atoms with Crippen molar-refractivity contribution >= 4 is 28.3 Å². The second-order valence-corrected chi connectivity index (χ2v) is 8.57. The average molecular weight is 408 g/mol. The Hall–Kier alpha value is -1.22. The SMILES string of the molecule is CC1CC(NC(=O)CCCN(C)S(=O)(=O)c2ccc(F)cc2)CCN1.Cl. The fraction of sp³-hybridized carbons (Fsp3) is 0.588. The Morgan fingerprint density at radius 1 is 1.35 bits per heavy atom. The number of nitrogens with zero attached hydrogens (tertiary/aromatic N) is 1. The maximum absolute atomic E-state index is 12.9. The van der Waals surface area contributed by atoms with E-state index in [4.69, 9.17) is 0 Å². The number of carbonyl (C=O) groups is 1. The Bertz CT molecular complexity index is 685. The van der Waals surface area contributed by atoms with Gasteiger partial charge in [-0.25, -0.2) is 17.1 Å². The lowest BCUT2D eigenvalue weighted by Crippen LogP contribution is -2.46. The van der Waals surface area contributed by atoms with Crippen LogP contribution in [0.15, 0.2) is 29.2 Å². The van der Waals surface area contributed by atoms with E-state index < -0.39 is 15.8 Å². The molecule has 0 spiro atoms. The molecule has 148 valence electrons. The molecule has 1 aromatic rings. The van der Waals surface area contributed by atoms with Crippen LogP contribution in [0.5, 0.6) is 0 Å². The first kappa shape index (κ1) is 22.8. The zero-order valence-corrected chi connectivity index (χ0v) is 16.7. The number of benzene rings is 1. The van der Waals surface area contributed by atoms with Gasteiger partial charge in [0.25, 0.3) is 0 Å². The molecule has 2 atom stereocenters. The third-order valence-electron chi connectivity index (χ3n) is 4.39. The summed E-state index contributed by atoms with van der Waals surface area (Å²) < 4.78 is 38.9. The van der Waals surface area contributed by atoms with Gasteiger partial charge in [-0.2, -0.15) is 0 Å². The summed E-state index contributed by atoms with van der Waals surface area (Å²) in [5.74, 6) is -0.530. The summed E-state index contributed by atoms with van der Waals surface area (Å²) in [4.78, 5) is 12.1. The van der Waals surface area contributed by atoms with Crippen LogP contribution in [0.2, 0.25) is 0 Å². The highest BCUT2D eigenvalue weighted by atomic mass is 35.5. The highest BCUT2D eigenvalue weighted by molar-refractivity contribution is 7.89. The molecule has 2 unspecified atom stereocenters. The van der Waals surface area contributed by atoms with Gasteiger partial charge < -0.3 is 10.6 Å². The molecule has 2 N–H and O–H groups in total. The van der Waals surface area contributed by atoms with Crippen molar-refractivity contribution in [1.29, 1.82) is 0 Å². The summed E-state index contributed by atoms with van der Waals surface area (Å²) in [5.41, 5.74) is 0. The molecular formula is C17H27ClFN3O3S. The van der Waals surface area contributed by atoms with Crippen LogP contribution in [0.3, 0.4) is 0 Å². The van der Waals surface area contributed by atoms with E-state index in [1.165, 1.54) is 23.5 Å². The summed E-state index contributed by atoms with van der Waals surface area (Å²) in [5, 5.41) is 6.34. The van der Waals surface area contributed by atoms with E-state index in [0.717, 1.165) is 31.5 Å². The molecule has 1 fully saturated rings. The number of piperidine rings is 1. The van der Waals surface area contributed by atoms with Crippen LogP contribution >= 0.6 is 12.4 Å². The molecule has 6 nitrogen and oxygen atoms in total. The minimum atomic E-state index is -3.66. The van der Waals surface area contributed by atoms with Gasteiger partial charge in [0.1, 0.15) is 5.82 Å². The summed E-state index contributed by atoms with van der Waals surface area (Å²) in [6.07, 6.45) is 2.53. The molecule has 1 amide bonds. The number of hydrogen-bond acceptors (Lipinski definition) is 4. The molecule has 0 aromatic heterocycles. The molecule has 1 aromatic carbocycles. The van der Waals surface area contributed by atoms with Gasteiger partial charge in [-0.3, -0.25) is 4.79 Å². The molecule has 2 rings (SSSR count). The fourth-order valence-electron chi connectivity index (χ4n) is 2.93. The van der Waals surface area contributed by atoms with Crippen molar-refractivity contribution in [2.75, 3.05) is 20.1 Å². The highest BCUT2D eigenvalue weighted by Crippen LogP contribution is 2.15. The largest absolute Gasteiger partial charge is 0.353 e. The van der Waals surface area contributed by atoms with Crippen molar-refractivity contribution in [3.05, 3.63) is 30.1 Å². The highest BCUT2D eigenvalue weighted by Gasteiger charge is 2.22. The molecular weight excluding hydrogens is 381 g/mol. The van der Waals surface area contributed by atoms with Crippen LogP contribution in [-0.2, 0) is 14.8 Å². The van der Waals surface area contributed by atoms with Crippen LogP contribution in [-0.4, -0.2) is 50.9 Å². The van der Waals surface area contributed by atoms with Gasteiger partial charge in [-0.05, 0) is 57.0 Å². The topological polar surface area (TPSA) is 78.5 Å². The number of halogens is 2. The number of nitrogens with one attached hydrogen (secondary N) is 2. The molecule has 0 aliphatic carbocycles. The summed E-state index contributed by atoms with van der Waals surface area (Å²) in [7, 11) is -2.20. The van der Waals surface area contributed by atoms with E-state index in [0.29, 0.717) is 12.5 Å². The predicted octanol–water partition coefficient (Wildman–Crippen LogP) is 1.90. The van der Waals surface area contributed by atoms with E-state index in [9.17, 15) is 17.6 Å². The third kappa shape index (κ3) is 6.50. The summed E-state index contributed by atoms with van der Waals surface area (Å²) in [6, 6.07) is 5.30. The van der Waals surface area contributed by atoms with Crippen molar-refractivity contribution in [1.82, 2.24) is 14.9 Å². The van der Waals surface area contributed by atoms with Crippen molar-refractivity contribution in [3.63, 3.8) is 0 Å². The molecule has 1 saturated heterocycles. The fourth-order valence-corrected chi connectivity index (χ4v) is 4.14. The standard InChI is InChI=1S/C17H26FN3O3S.ClH/c1-13-12-15(9-10-19-13)20-17(22)4-3-11-21(2)25(23,24)16-7-5-14(18)6-8-16;/h5-8,13,15,19H,3-4,9-12H2,1-2H3,(H,20,22);1H. The number of hydrogen-bond donors (Lipinski definition) is 2. The molecule has 1 heterocycles. The average Bonchev–Trinajstić information content (AvgIpc) is 2.55. The molecule has 9 heteroatoms. The smallest absolute Gasteiger partial charge is 0.242 e. The van der Waals surface area contributed by atoms with Crippen molar-refractivity contribution < 1.29 is 17.6 Å². The summed E-state index contributed by atoms with van der Waals surface area (Å²) >= 11 is 0. The molecule has 26 heavy (non-hydrogen) atoms. The van der Waals surface area contributed by atoms with E-state index >= 15 is 0 Å². The second kappa shape index (κ2) is 10.2. The van der Waals surface area contributed by atoms with E-state index in [1.807, 2.05) is 0 Å². The number of rotatable bonds is 7. The maximum Gasteiger partial charge on any atom is 0.242 e. The van der Waals surface area contributed by atoms with Crippen LogP contribution in [0.1, 0.15) is 32.6 Å².